The minimum absolute atomic E-state index is 0.116. The van der Waals surface area contributed by atoms with Gasteiger partial charge in [-0.2, -0.15) is 0 Å². The summed E-state index contributed by atoms with van der Waals surface area (Å²) in [6.07, 6.45) is 2.96. The van der Waals surface area contributed by atoms with Crippen molar-refractivity contribution in [1.82, 2.24) is 5.32 Å². The lowest BCUT2D eigenvalue weighted by Gasteiger charge is -2.13. The first-order valence-electron chi connectivity index (χ1n) is 5.21. The molecule has 0 bridgehead atoms. The monoisotopic (exact) mass is 222 g/mol. The molecule has 0 aromatic heterocycles. The highest BCUT2D eigenvalue weighted by Crippen LogP contribution is 2.39. The molecule has 1 aromatic carbocycles. The van der Waals surface area contributed by atoms with Gasteiger partial charge in [0.2, 0.25) is 0 Å². The zero-order valence-corrected chi connectivity index (χ0v) is 9.06. The Morgan fingerprint density at radius 1 is 1.56 bits per heavy atom. The average Bonchev–Trinajstić information content (AvgIpc) is 3.01. The number of likely N-dealkylation sites (N-methyl/N-ethyl adjacent to an activating group) is 1. The Bertz CT molecular complexity index is 427. The topological polar surface area (TPSA) is 75.4 Å². The van der Waals surface area contributed by atoms with Gasteiger partial charge in [0.05, 0.1) is 4.92 Å². The van der Waals surface area contributed by atoms with E-state index in [0.29, 0.717) is 0 Å². The summed E-state index contributed by atoms with van der Waals surface area (Å²) in [5.74, 6) is -0.275. The van der Waals surface area contributed by atoms with E-state index in [-0.39, 0.29) is 17.0 Å². The number of nitro benzene ring substituents is 1. The fraction of sp³-hybridized carbons (Fsp3) is 0.455. The summed E-state index contributed by atoms with van der Waals surface area (Å²) in [6, 6.07) is 4.58. The van der Waals surface area contributed by atoms with E-state index >= 15 is 0 Å². The average molecular weight is 222 g/mol. The van der Waals surface area contributed by atoms with Crippen molar-refractivity contribution in [1.29, 1.82) is 0 Å². The van der Waals surface area contributed by atoms with Crippen LogP contribution < -0.4 is 5.32 Å². The molecule has 0 heterocycles. The second kappa shape index (κ2) is 3.75. The van der Waals surface area contributed by atoms with Gasteiger partial charge in [0.15, 0.2) is 5.75 Å². The minimum Gasteiger partial charge on any atom is -0.502 e. The number of nitro groups is 1. The maximum atomic E-state index is 10.7. The van der Waals surface area contributed by atoms with Crippen molar-refractivity contribution in [2.24, 2.45) is 0 Å². The number of aromatic hydroxyl groups is 1. The van der Waals surface area contributed by atoms with Crippen LogP contribution in [0.4, 0.5) is 5.69 Å². The Balaban J connectivity index is 2.23. The van der Waals surface area contributed by atoms with Gasteiger partial charge >= 0.3 is 5.69 Å². The predicted molar refractivity (Wildman–Crippen MR) is 59.5 cm³/mol. The Labute approximate surface area is 93.2 Å². The summed E-state index contributed by atoms with van der Waals surface area (Å²) in [5, 5.41) is 23.2. The second-order valence-corrected chi connectivity index (χ2v) is 4.29. The van der Waals surface area contributed by atoms with Gasteiger partial charge < -0.3 is 10.4 Å². The molecule has 16 heavy (non-hydrogen) atoms. The molecule has 2 rings (SSSR count). The van der Waals surface area contributed by atoms with Crippen LogP contribution in [0.1, 0.15) is 18.4 Å². The van der Waals surface area contributed by atoms with E-state index in [2.05, 4.69) is 5.32 Å². The van der Waals surface area contributed by atoms with E-state index in [1.807, 2.05) is 7.05 Å². The Hall–Kier alpha value is -1.62. The number of phenols is 1. The summed E-state index contributed by atoms with van der Waals surface area (Å²) in [4.78, 5) is 10.1. The molecule has 1 aromatic rings. The lowest BCUT2D eigenvalue weighted by atomic mass is 10.0. The van der Waals surface area contributed by atoms with Gasteiger partial charge in [-0.05, 0) is 37.9 Å². The number of benzene rings is 1. The highest BCUT2D eigenvalue weighted by molar-refractivity contribution is 5.48. The Kier molecular flexibility index (Phi) is 2.55. The molecule has 0 radical (unpaired) electrons. The third-order valence-corrected chi connectivity index (χ3v) is 3.16. The molecule has 0 unspecified atom stereocenters. The van der Waals surface area contributed by atoms with Gasteiger partial charge in [0.1, 0.15) is 0 Å². The summed E-state index contributed by atoms with van der Waals surface area (Å²) in [5.41, 5.74) is 0.783. The first-order valence-corrected chi connectivity index (χ1v) is 5.21. The molecule has 0 aliphatic heterocycles. The van der Waals surface area contributed by atoms with Crippen LogP contribution in [0.25, 0.3) is 0 Å². The molecule has 0 saturated heterocycles. The molecule has 2 N–H and O–H groups in total. The number of nitrogens with zero attached hydrogens (tertiary/aromatic N) is 1. The molecule has 1 fully saturated rings. The zero-order chi connectivity index (χ0) is 11.8. The lowest BCUT2D eigenvalue weighted by Crippen LogP contribution is -2.29. The standard InChI is InChI=1S/C11H14N2O3/c1-12-11(4-5-11)7-8-2-3-10(14)9(6-8)13(15)16/h2-3,6,12,14H,4-5,7H2,1H3. The van der Waals surface area contributed by atoms with Crippen LogP contribution in [-0.2, 0) is 6.42 Å². The van der Waals surface area contributed by atoms with Crippen LogP contribution in [-0.4, -0.2) is 22.6 Å². The van der Waals surface area contributed by atoms with Crippen molar-refractivity contribution in [3.63, 3.8) is 0 Å². The van der Waals surface area contributed by atoms with Crippen molar-refractivity contribution in [3.8, 4) is 5.75 Å². The van der Waals surface area contributed by atoms with Gasteiger partial charge in [0.25, 0.3) is 0 Å². The van der Waals surface area contributed by atoms with Gasteiger partial charge in [0, 0.05) is 11.6 Å². The number of hydrogen-bond acceptors (Lipinski definition) is 4. The molecule has 1 aliphatic rings. The molecule has 5 nitrogen and oxygen atoms in total. The van der Waals surface area contributed by atoms with Crippen molar-refractivity contribution in [3.05, 3.63) is 33.9 Å². The zero-order valence-electron chi connectivity index (χ0n) is 9.06. The molecule has 1 saturated carbocycles. The van der Waals surface area contributed by atoms with Gasteiger partial charge in [-0.15, -0.1) is 0 Å². The van der Waals surface area contributed by atoms with Crippen LogP contribution >= 0.6 is 0 Å². The van der Waals surface area contributed by atoms with Crippen LogP contribution in [0.3, 0.4) is 0 Å². The summed E-state index contributed by atoms with van der Waals surface area (Å²) < 4.78 is 0. The van der Waals surface area contributed by atoms with Crippen LogP contribution in [0.5, 0.6) is 5.75 Å². The third kappa shape index (κ3) is 1.99. The van der Waals surface area contributed by atoms with Gasteiger partial charge in [-0.25, -0.2) is 0 Å². The van der Waals surface area contributed by atoms with E-state index in [1.165, 1.54) is 12.1 Å². The van der Waals surface area contributed by atoms with Crippen molar-refractivity contribution in [2.45, 2.75) is 24.8 Å². The quantitative estimate of drug-likeness (QED) is 0.599. The van der Waals surface area contributed by atoms with E-state index in [4.69, 9.17) is 0 Å². The molecular weight excluding hydrogens is 208 g/mol. The summed E-state index contributed by atoms with van der Waals surface area (Å²) in [6.45, 7) is 0. The molecular formula is C11H14N2O3. The number of rotatable bonds is 4. The van der Waals surface area contributed by atoms with Crippen molar-refractivity contribution in [2.75, 3.05) is 7.05 Å². The fourth-order valence-electron chi connectivity index (χ4n) is 1.88. The van der Waals surface area contributed by atoms with E-state index in [1.54, 1.807) is 6.07 Å². The normalized spacial score (nSPS) is 17.1. The molecule has 5 heteroatoms. The lowest BCUT2D eigenvalue weighted by molar-refractivity contribution is -0.385. The number of phenolic OH excluding ortho intramolecular Hbond substituents is 1. The Morgan fingerprint density at radius 3 is 2.75 bits per heavy atom. The number of hydrogen-bond donors (Lipinski definition) is 2. The smallest absolute Gasteiger partial charge is 0.310 e. The Morgan fingerprint density at radius 2 is 2.25 bits per heavy atom. The first-order chi connectivity index (χ1) is 7.56. The third-order valence-electron chi connectivity index (χ3n) is 3.16. The number of nitrogens with one attached hydrogen (secondary N) is 1. The van der Waals surface area contributed by atoms with Crippen LogP contribution in [0.2, 0.25) is 0 Å². The summed E-state index contributed by atoms with van der Waals surface area (Å²) in [7, 11) is 1.90. The molecule has 0 amide bonds. The largest absolute Gasteiger partial charge is 0.502 e. The summed E-state index contributed by atoms with van der Waals surface area (Å²) >= 11 is 0. The molecule has 1 aliphatic carbocycles. The highest BCUT2D eigenvalue weighted by atomic mass is 16.6. The van der Waals surface area contributed by atoms with Crippen LogP contribution in [0, 0.1) is 10.1 Å². The van der Waals surface area contributed by atoms with E-state index in [0.717, 1.165) is 24.8 Å². The maximum Gasteiger partial charge on any atom is 0.310 e. The molecule has 0 atom stereocenters. The molecule has 0 spiro atoms. The van der Waals surface area contributed by atoms with E-state index in [9.17, 15) is 15.2 Å². The minimum atomic E-state index is -0.558. The fourth-order valence-corrected chi connectivity index (χ4v) is 1.88. The highest BCUT2D eigenvalue weighted by Gasteiger charge is 2.41. The SMILES string of the molecule is CNC1(Cc2ccc(O)c([N+](=O)[O-])c2)CC1. The van der Waals surface area contributed by atoms with E-state index < -0.39 is 4.92 Å². The van der Waals surface area contributed by atoms with Gasteiger partial charge in [-0.3, -0.25) is 10.1 Å². The van der Waals surface area contributed by atoms with Gasteiger partial charge in [-0.1, -0.05) is 6.07 Å². The first kappa shape index (κ1) is 10.9. The predicted octanol–water partition coefficient (Wildman–Crippen LogP) is 1.59. The van der Waals surface area contributed by atoms with Crippen molar-refractivity contribution < 1.29 is 10.0 Å². The second-order valence-electron chi connectivity index (χ2n) is 4.29. The maximum absolute atomic E-state index is 10.7. The van der Waals surface area contributed by atoms with Crippen LogP contribution in [0.15, 0.2) is 18.2 Å². The van der Waals surface area contributed by atoms with Crippen molar-refractivity contribution >= 4 is 5.69 Å². The molecule has 86 valence electrons.